The van der Waals surface area contributed by atoms with Gasteiger partial charge < -0.3 is 4.74 Å². The molecule has 3 nitrogen and oxygen atoms in total. The molecule has 0 amide bonds. The first kappa shape index (κ1) is 12.0. The summed E-state index contributed by atoms with van der Waals surface area (Å²) in [6.07, 6.45) is 1.54. The smallest absolute Gasteiger partial charge is 0.339 e. The number of hydrogen-bond acceptors (Lipinski definition) is 3. The number of nitrogens with zero attached hydrogens (tertiary/aromatic N) is 1. The van der Waals surface area contributed by atoms with Crippen LogP contribution in [0.5, 0.6) is 0 Å². The zero-order valence-corrected chi connectivity index (χ0v) is 11.3. The van der Waals surface area contributed by atoms with Crippen molar-refractivity contribution < 1.29 is 9.53 Å². The van der Waals surface area contributed by atoms with Crippen LogP contribution in [0.1, 0.15) is 10.4 Å². The minimum absolute atomic E-state index is 0.366. The third kappa shape index (κ3) is 2.63. The van der Waals surface area contributed by atoms with Crippen molar-refractivity contribution in [3.63, 3.8) is 0 Å². The summed E-state index contributed by atoms with van der Waals surface area (Å²) < 4.78 is 5.58. The van der Waals surface area contributed by atoms with Crippen molar-refractivity contribution in [3.05, 3.63) is 51.7 Å². The van der Waals surface area contributed by atoms with Gasteiger partial charge in [0.2, 0.25) is 0 Å². The summed E-state index contributed by atoms with van der Waals surface area (Å²) in [5.74, 6) is -0.366. The molecule has 0 aliphatic heterocycles. The molecular weight excluding hydrogens is 329 g/mol. The summed E-state index contributed by atoms with van der Waals surface area (Å²) in [6, 6.07) is 11.6. The van der Waals surface area contributed by atoms with Crippen LogP contribution in [-0.2, 0) is 4.74 Å². The van der Waals surface area contributed by atoms with Gasteiger partial charge in [-0.15, -0.1) is 0 Å². The minimum Gasteiger partial charge on any atom is -0.465 e. The highest BCUT2D eigenvalue weighted by Gasteiger charge is 2.10. The zero-order valence-electron chi connectivity index (χ0n) is 9.18. The molecule has 2 aromatic rings. The molecule has 0 unspecified atom stereocenters. The molecule has 1 heterocycles. The molecular formula is C13H10INO2. The van der Waals surface area contributed by atoms with E-state index in [4.69, 9.17) is 0 Å². The van der Waals surface area contributed by atoms with Gasteiger partial charge in [0.1, 0.15) is 0 Å². The second kappa shape index (κ2) is 5.27. The molecule has 0 radical (unpaired) electrons. The van der Waals surface area contributed by atoms with E-state index >= 15 is 0 Å². The van der Waals surface area contributed by atoms with E-state index in [1.54, 1.807) is 6.07 Å². The first-order valence-corrected chi connectivity index (χ1v) is 6.09. The molecule has 1 aromatic heterocycles. The number of benzene rings is 1. The third-order valence-electron chi connectivity index (χ3n) is 2.31. The predicted molar refractivity (Wildman–Crippen MR) is 73.7 cm³/mol. The van der Waals surface area contributed by atoms with Crippen LogP contribution in [0.4, 0.5) is 0 Å². The Balaban J connectivity index is 2.42. The van der Waals surface area contributed by atoms with Crippen LogP contribution < -0.4 is 0 Å². The average molecular weight is 339 g/mol. The van der Waals surface area contributed by atoms with E-state index in [9.17, 15) is 4.79 Å². The normalized spacial score (nSPS) is 10.0. The molecule has 4 heteroatoms. The highest BCUT2D eigenvalue weighted by Crippen LogP contribution is 2.23. The van der Waals surface area contributed by atoms with E-state index < -0.39 is 0 Å². The van der Waals surface area contributed by atoms with E-state index in [2.05, 4.69) is 32.3 Å². The Kier molecular flexibility index (Phi) is 3.73. The van der Waals surface area contributed by atoms with Crippen LogP contribution in [0.3, 0.4) is 0 Å². The van der Waals surface area contributed by atoms with Gasteiger partial charge in [-0.3, -0.25) is 4.98 Å². The van der Waals surface area contributed by atoms with E-state index in [0.29, 0.717) is 5.56 Å². The molecule has 1 aromatic carbocycles. The molecule has 0 spiro atoms. The van der Waals surface area contributed by atoms with Gasteiger partial charge in [-0.2, -0.15) is 0 Å². The monoisotopic (exact) mass is 339 g/mol. The maximum Gasteiger partial charge on any atom is 0.339 e. The number of carbonyl (C=O) groups excluding carboxylic acids is 1. The maximum atomic E-state index is 11.3. The van der Waals surface area contributed by atoms with Gasteiger partial charge in [-0.1, -0.05) is 30.3 Å². The Hall–Kier alpha value is -1.43. The van der Waals surface area contributed by atoms with Crippen molar-refractivity contribution >= 4 is 28.6 Å². The van der Waals surface area contributed by atoms with Crippen LogP contribution in [0.2, 0.25) is 0 Å². The first-order valence-electron chi connectivity index (χ1n) is 5.01. The van der Waals surface area contributed by atoms with Gasteiger partial charge in [-0.25, -0.2) is 4.79 Å². The van der Waals surface area contributed by atoms with Crippen molar-refractivity contribution in [2.24, 2.45) is 0 Å². The van der Waals surface area contributed by atoms with Crippen LogP contribution in [0.25, 0.3) is 11.3 Å². The van der Waals surface area contributed by atoms with Crippen LogP contribution in [0, 0.1) is 3.57 Å². The second-order valence-electron chi connectivity index (χ2n) is 3.41. The Morgan fingerprint density at radius 3 is 2.59 bits per heavy atom. The quantitative estimate of drug-likeness (QED) is 0.623. The van der Waals surface area contributed by atoms with Crippen LogP contribution >= 0.6 is 22.6 Å². The SMILES string of the molecule is COC(=O)c1cnc(-c2ccccc2)c(I)c1. The molecule has 86 valence electrons. The van der Waals surface area contributed by atoms with Gasteiger partial charge in [0, 0.05) is 15.3 Å². The number of esters is 1. The van der Waals surface area contributed by atoms with Crippen molar-refractivity contribution in [3.8, 4) is 11.3 Å². The molecule has 0 saturated heterocycles. The van der Waals surface area contributed by atoms with Crippen molar-refractivity contribution in [2.75, 3.05) is 7.11 Å². The summed E-state index contributed by atoms with van der Waals surface area (Å²) in [5, 5.41) is 0. The number of aromatic nitrogens is 1. The van der Waals surface area contributed by atoms with Crippen molar-refractivity contribution in [2.45, 2.75) is 0 Å². The average Bonchev–Trinajstić information content (AvgIpc) is 2.38. The van der Waals surface area contributed by atoms with Crippen molar-refractivity contribution in [1.29, 1.82) is 0 Å². The largest absolute Gasteiger partial charge is 0.465 e. The van der Waals surface area contributed by atoms with Crippen LogP contribution in [0.15, 0.2) is 42.6 Å². The molecule has 0 aliphatic rings. The summed E-state index contributed by atoms with van der Waals surface area (Å²) in [4.78, 5) is 15.7. The number of ether oxygens (including phenoxy) is 1. The lowest BCUT2D eigenvalue weighted by Crippen LogP contribution is -2.03. The summed E-state index contributed by atoms with van der Waals surface area (Å²) >= 11 is 2.17. The van der Waals surface area contributed by atoms with Gasteiger partial charge in [0.15, 0.2) is 0 Å². The topological polar surface area (TPSA) is 39.2 Å². The van der Waals surface area contributed by atoms with Crippen LogP contribution in [-0.4, -0.2) is 18.1 Å². The number of halogens is 1. The second-order valence-corrected chi connectivity index (χ2v) is 4.57. The summed E-state index contributed by atoms with van der Waals surface area (Å²) in [5.41, 5.74) is 2.38. The molecule has 0 fully saturated rings. The number of rotatable bonds is 2. The highest BCUT2D eigenvalue weighted by atomic mass is 127. The predicted octanol–water partition coefficient (Wildman–Crippen LogP) is 3.14. The molecule has 17 heavy (non-hydrogen) atoms. The Morgan fingerprint density at radius 1 is 1.29 bits per heavy atom. The molecule has 0 N–H and O–H groups in total. The number of carbonyl (C=O) groups is 1. The lowest BCUT2D eigenvalue weighted by Gasteiger charge is -2.05. The number of methoxy groups -OCH3 is 1. The third-order valence-corrected chi connectivity index (χ3v) is 3.13. The standard InChI is InChI=1S/C13H10INO2/c1-17-13(16)10-7-11(14)12(15-8-10)9-5-3-2-4-6-9/h2-8H,1H3. The lowest BCUT2D eigenvalue weighted by atomic mass is 10.1. The molecule has 0 aliphatic carbocycles. The minimum atomic E-state index is -0.366. The van der Waals surface area contributed by atoms with Gasteiger partial charge >= 0.3 is 5.97 Å². The van der Waals surface area contributed by atoms with E-state index in [-0.39, 0.29) is 5.97 Å². The van der Waals surface area contributed by atoms with E-state index in [0.717, 1.165) is 14.8 Å². The van der Waals surface area contributed by atoms with E-state index in [1.165, 1.54) is 13.3 Å². The molecule has 0 saturated carbocycles. The molecule has 0 bridgehead atoms. The highest BCUT2D eigenvalue weighted by molar-refractivity contribution is 14.1. The fourth-order valence-electron chi connectivity index (χ4n) is 1.48. The Labute approximate surface area is 113 Å². The Morgan fingerprint density at radius 2 is 2.00 bits per heavy atom. The number of hydrogen-bond donors (Lipinski definition) is 0. The summed E-state index contributed by atoms with van der Waals surface area (Å²) in [7, 11) is 1.36. The molecule has 2 rings (SSSR count). The van der Waals surface area contributed by atoms with Gasteiger partial charge in [0.05, 0.1) is 18.4 Å². The maximum absolute atomic E-state index is 11.3. The fourth-order valence-corrected chi connectivity index (χ4v) is 2.26. The fraction of sp³-hybridized carbons (Fsp3) is 0.0769. The first-order chi connectivity index (χ1) is 8.22. The zero-order chi connectivity index (χ0) is 12.3. The van der Waals surface area contributed by atoms with Gasteiger partial charge in [-0.05, 0) is 28.7 Å². The number of pyridine rings is 1. The molecule has 0 atom stereocenters. The summed E-state index contributed by atoms with van der Waals surface area (Å²) in [6.45, 7) is 0. The van der Waals surface area contributed by atoms with E-state index in [1.807, 2.05) is 30.3 Å². The van der Waals surface area contributed by atoms with Gasteiger partial charge in [0.25, 0.3) is 0 Å². The van der Waals surface area contributed by atoms with Crippen molar-refractivity contribution in [1.82, 2.24) is 4.98 Å². The lowest BCUT2D eigenvalue weighted by molar-refractivity contribution is 0.0600. The Bertz CT molecular complexity index is 540.